The normalized spacial score (nSPS) is 12.8. The van der Waals surface area contributed by atoms with Crippen LogP contribution in [0.3, 0.4) is 0 Å². The van der Waals surface area contributed by atoms with Gasteiger partial charge in [0.05, 0.1) is 18.4 Å². The third-order valence-corrected chi connectivity index (χ3v) is 5.05. The number of hydrogen-bond acceptors (Lipinski definition) is 5. The van der Waals surface area contributed by atoms with Crippen LogP contribution in [0.15, 0.2) is 66.9 Å². The van der Waals surface area contributed by atoms with Crippen LogP contribution in [-0.4, -0.2) is 30.5 Å². The van der Waals surface area contributed by atoms with Crippen molar-refractivity contribution in [3.05, 3.63) is 89.2 Å². The molecule has 0 bridgehead atoms. The molecule has 0 fully saturated rings. The monoisotopic (exact) mass is 387 g/mol. The lowest BCUT2D eigenvalue weighted by atomic mass is 9.99. The minimum absolute atomic E-state index is 0.293. The second-order valence-corrected chi connectivity index (χ2v) is 6.83. The molecule has 1 aromatic heterocycles. The Bertz CT molecular complexity index is 1060. The number of pyridine rings is 1. The van der Waals surface area contributed by atoms with Crippen molar-refractivity contribution in [1.29, 1.82) is 0 Å². The average Bonchev–Trinajstić information content (AvgIpc) is 2.78. The zero-order chi connectivity index (χ0) is 20.2. The number of carbonyl (C=O) groups excluding carboxylic acids is 2. The van der Waals surface area contributed by atoms with Gasteiger partial charge in [-0.25, -0.2) is 4.79 Å². The van der Waals surface area contributed by atoms with Gasteiger partial charge in [0, 0.05) is 25.0 Å². The number of para-hydroxylation sites is 1. The van der Waals surface area contributed by atoms with E-state index in [9.17, 15) is 9.59 Å². The lowest BCUT2D eigenvalue weighted by Crippen LogP contribution is -2.30. The van der Waals surface area contributed by atoms with Gasteiger partial charge in [-0.05, 0) is 41.8 Å². The van der Waals surface area contributed by atoms with Crippen LogP contribution >= 0.6 is 0 Å². The highest BCUT2D eigenvalue weighted by Crippen LogP contribution is 2.25. The predicted molar refractivity (Wildman–Crippen MR) is 111 cm³/mol. The van der Waals surface area contributed by atoms with Crippen molar-refractivity contribution in [3.63, 3.8) is 0 Å². The van der Waals surface area contributed by atoms with Gasteiger partial charge in [-0.1, -0.05) is 36.4 Å². The quantitative estimate of drug-likeness (QED) is 0.692. The molecule has 1 amide bonds. The summed E-state index contributed by atoms with van der Waals surface area (Å²) in [6.45, 7) is 1.68. The zero-order valence-corrected chi connectivity index (χ0v) is 16.1. The Labute approximate surface area is 169 Å². The van der Waals surface area contributed by atoms with Crippen molar-refractivity contribution in [3.8, 4) is 0 Å². The number of amides is 1. The standard InChI is InChI=1S/C23H21N3O3/c1-29-23(28)19-8-4-5-9-20(19)25-22(27)21-14-18(10-12-24-21)26-13-11-16-6-2-3-7-17(16)15-26/h2-10,12,14H,11,13,15H2,1H3,(H,25,27). The number of methoxy groups -OCH3 is 1. The first kappa shape index (κ1) is 18.7. The number of hydrogen-bond donors (Lipinski definition) is 1. The van der Waals surface area contributed by atoms with E-state index in [1.807, 2.05) is 12.1 Å². The van der Waals surface area contributed by atoms with Gasteiger partial charge in [0.2, 0.25) is 0 Å². The van der Waals surface area contributed by atoms with Gasteiger partial charge < -0.3 is 15.0 Å². The van der Waals surface area contributed by atoms with E-state index >= 15 is 0 Å². The Morgan fingerprint density at radius 2 is 1.79 bits per heavy atom. The molecule has 0 saturated heterocycles. The predicted octanol–water partition coefficient (Wildman–Crippen LogP) is 3.68. The van der Waals surface area contributed by atoms with E-state index in [-0.39, 0.29) is 5.91 Å². The second kappa shape index (κ2) is 8.14. The van der Waals surface area contributed by atoms with E-state index in [2.05, 4.69) is 33.4 Å². The minimum Gasteiger partial charge on any atom is -0.465 e. The maximum atomic E-state index is 12.8. The van der Waals surface area contributed by atoms with E-state index in [0.29, 0.717) is 16.9 Å². The zero-order valence-electron chi connectivity index (χ0n) is 16.1. The topological polar surface area (TPSA) is 71.5 Å². The summed E-state index contributed by atoms with van der Waals surface area (Å²) in [5, 5.41) is 2.77. The molecule has 0 saturated carbocycles. The first-order valence-electron chi connectivity index (χ1n) is 9.42. The van der Waals surface area contributed by atoms with Crippen LogP contribution < -0.4 is 10.2 Å². The van der Waals surface area contributed by atoms with Crippen LogP contribution in [0.5, 0.6) is 0 Å². The summed E-state index contributed by atoms with van der Waals surface area (Å²) in [5.41, 5.74) is 4.60. The Morgan fingerprint density at radius 3 is 2.62 bits per heavy atom. The SMILES string of the molecule is COC(=O)c1ccccc1NC(=O)c1cc(N2CCc3ccccc3C2)ccn1. The lowest BCUT2D eigenvalue weighted by Gasteiger charge is -2.30. The van der Waals surface area contributed by atoms with Crippen molar-refractivity contribution in [1.82, 2.24) is 4.98 Å². The molecule has 0 aliphatic carbocycles. The van der Waals surface area contributed by atoms with Crippen LogP contribution in [0.2, 0.25) is 0 Å². The van der Waals surface area contributed by atoms with Crippen LogP contribution in [0, 0.1) is 0 Å². The van der Waals surface area contributed by atoms with Crippen molar-refractivity contribution >= 4 is 23.3 Å². The van der Waals surface area contributed by atoms with Gasteiger partial charge in [-0.2, -0.15) is 0 Å². The molecule has 1 aliphatic heterocycles. The summed E-state index contributed by atoms with van der Waals surface area (Å²) < 4.78 is 4.78. The van der Waals surface area contributed by atoms with E-state index in [0.717, 1.165) is 25.2 Å². The summed E-state index contributed by atoms with van der Waals surface area (Å²) in [6.07, 6.45) is 2.60. The van der Waals surface area contributed by atoms with Crippen LogP contribution in [0.25, 0.3) is 0 Å². The highest BCUT2D eigenvalue weighted by atomic mass is 16.5. The Hall–Kier alpha value is -3.67. The molecule has 2 aromatic carbocycles. The number of anilines is 2. The van der Waals surface area contributed by atoms with E-state index in [1.165, 1.54) is 18.2 Å². The number of esters is 1. The smallest absolute Gasteiger partial charge is 0.339 e. The number of rotatable bonds is 4. The molecule has 0 unspecified atom stereocenters. The fourth-order valence-corrected chi connectivity index (χ4v) is 3.52. The lowest BCUT2D eigenvalue weighted by molar-refractivity contribution is 0.0602. The van der Waals surface area contributed by atoms with Gasteiger partial charge in [0.1, 0.15) is 5.69 Å². The summed E-state index contributed by atoms with van der Waals surface area (Å²) in [4.78, 5) is 31.1. The molecule has 0 atom stereocenters. The largest absolute Gasteiger partial charge is 0.465 e. The number of aromatic nitrogens is 1. The van der Waals surface area contributed by atoms with Gasteiger partial charge in [0.15, 0.2) is 0 Å². The molecule has 1 N–H and O–H groups in total. The highest BCUT2D eigenvalue weighted by molar-refractivity contribution is 6.07. The van der Waals surface area contributed by atoms with Crippen LogP contribution in [0.4, 0.5) is 11.4 Å². The Balaban J connectivity index is 1.54. The third-order valence-electron chi connectivity index (χ3n) is 5.05. The Kier molecular flexibility index (Phi) is 5.24. The van der Waals surface area contributed by atoms with Gasteiger partial charge in [0.25, 0.3) is 5.91 Å². The molecule has 0 spiro atoms. The fourth-order valence-electron chi connectivity index (χ4n) is 3.52. The molecule has 0 radical (unpaired) electrons. The van der Waals surface area contributed by atoms with Gasteiger partial charge >= 0.3 is 5.97 Å². The van der Waals surface area contributed by atoms with Crippen LogP contribution in [0.1, 0.15) is 32.0 Å². The molecule has 146 valence electrons. The van der Waals surface area contributed by atoms with Crippen molar-refractivity contribution in [2.45, 2.75) is 13.0 Å². The first-order chi connectivity index (χ1) is 14.2. The van der Waals surface area contributed by atoms with E-state index in [1.54, 1.807) is 36.5 Å². The van der Waals surface area contributed by atoms with Crippen LogP contribution in [-0.2, 0) is 17.7 Å². The highest BCUT2D eigenvalue weighted by Gasteiger charge is 2.19. The summed E-state index contributed by atoms with van der Waals surface area (Å²) in [5.74, 6) is -0.879. The summed E-state index contributed by atoms with van der Waals surface area (Å²) in [6, 6.07) is 18.8. The fraction of sp³-hybridized carbons (Fsp3) is 0.174. The maximum Gasteiger partial charge on any atom is 0.339 e. The van der Waals surface area contributed by atoms with Gasteiger partial charge in [-0.15, -0.1) is 0 Å². The average molecular weight is 387 g/mol. The number of ether oxygens (including phenoxy) is 1. The summed E-state index contributed by atoms with van der Waals surface area (Å²) >= 11 is 0. The maximum absolute atomic E-state index is 12.8. The molecular formula is C23H21N3O3. The van der Waals surface area contributed by atoms with E-state index < -0.39 is 5.97 Å². The van der Waals surface area contributed by atoms with Crippen molar-refractivity contribution in [2.24, 2.45) is 0 Å². The van der Waals surface area contributed by atoms with Gasteiger partial charge in [-0.3, -0.25) is 9.78 Å². The molecule has 2 heterocycles. The number of nitrogens with one attached hydrogen (secondary N) is 1. The first-order valence-corrected chi connectivity index (χ1v) is 9.42. The molecule has 4 rings (SSSR count). The van der Waals surface area contributed by atoms with E-state index in [4.69, 9.17) is 4.74 Å². The van der Waals surface area contributed by atoms with Crippen molar-refractivity contribution < 1.29 is 14.3 Å². The molecule has 6 nitrogen and oxygen atoms in total. The van der Waals surface area contributed by atoms with Crippen molar-refractivity contribution in [2.75, 3.05) is 23.9 Å². The third kappa shape index (κ3) is 3.96. The Morgan fingerprint density at radius 1 is 1.03 bits per heavy atom. The molecule has 1 aliphatic rings. The minimum atomic E-state index is -0.505. The molecule has 3 aromatic rings. The molecule has 29 heavy (non-hydrogen) atoms. The molecular weight excluding hydrogens is 366 g/mol. The number of fused-ring (bicyclic) bond motifs is 1. The number of benzene rings is 2. The second-order valence-electron chi connectivity index (χ2n) is 6.83. The number of nitrogens with zero attached hydrogens (tertiary/aromatic N) is 2. The number of carbonyl (C=O) groups is 2. The molecule has 6 heteroatoms. The summed E-state index contributed by atoms with van der Waals surface area (Å²) in [7, 11) is 1.31.